The molecule has 0 radical (unpaired) electrons. The molecule has 6 N–H and O–H groups in total. The SMILES string of the molecule is CC(C)C[C@H](N)C1CCN(C(=O)OC(C)(C)C)CC1.CC(C)C[C@H](NC(=O)c1ccc(Cl)s1)C1CCCCC1.CC(C)C[C@H](NC(=O)c1ccc(Cl)s1)C1CCN(C(=O)OC(C)(C)C)CC1.CC(C)C[C@H](NC(=O)c1ccc(Cl)s1)C1CCN(C(=O)Oc2ccccc2)CC1.Cl.O=C(Cl)Oc1ccccc1.O=C(O)c1ccc(Cl)s1. The number of hydrogen-bond acceptors (Lipinski definition) is 17. The van der Waals surface area contributed by atoms with E-state index in [0.29, 0.717) is 118 Å². The molecule has 115 heavy (non-hydrogen) atoms. The summed E-state index contributed by atoms with van der Waals surface area (Å²) in [6.07, 6.45) is 15.1. The second kappa shape index (κ2) is 51.5. The van der Waals surface area contributed by atoms with Crippen molar-refractivity contribution in [2.45, 2.75) is 229 Å². The molecule has 2 aromatic carbocycles. The van der Waals surface area contributed by atoms with Gasteiger partial charge in [0.25, 0.3) is 17.7 Å². The van der Waals surface area contributed by atoms with Gasteiger partial charge >= 0.3 is 29.7 Å². The van der Waals surface area contributed by atoms with Gasteiger partial charge in [-0.15, -0.1) is 57.8 Å². The average molecular weight is 1790 g/mol. The van der Waals surface area contributed by atoms with Gasteiger partial charge < -0.3 is 60.4 Å². The van der Waals surface area contributed by atoms with E-state index in [9.17, 15) is 38.4 Å². The Morgan fingerprint density at radius 3 is 0.974 bits per heavy atom. The van der Waals surface area contributed by atoms with Gasteiger partial charge in [-0.25, -0.2) is 24.0 Å². The molecule has 6 aromatic rings. The number of ether oxygens (including phenoxy) is 4. The summed E-state index contributed by atoms with van der Waals surface area (Å²) in [5.41, 5.74) is 4.53. The van der Waals surface area contributed by atoms with Crippen LogP contribution in [0.1, 0.15) is 232 Å². The van der Waals surface area contributed by atoms with Gasteiger partial charge in [0.1, 0.15) is 27.6 Å². The molecule has 4 fully saturated rings. The van der Waals surface area contributed by atoms with Crippen LogP contribution in [0.25, 0.3) is 0 Å². The Morgan fingerprint density at radius 2 is 0.704 bits per heavy atom. The van der Waals surface area contributed by atoms with Gasteiger partial charge in [-0.2, -0.15) is 0 Å². The highest BCUT2D eigenvalue weighted by atomic mass is 35.5. The third-order valence-corrected chi connectivity index (χ3v) is 24.1. The number of carboxylic acid groups (broad SMARTS) is 1. The summed E-state index contributed by atoms with van der Waals surface area (Å²) in [6.45, 7) is 33.0. The second-order valence-corrected chi connectivity index (χ2v) is 40.0. The van der Waals surface area contributed by atoms with Gasteiger partial charge in [0, 0.05) is 75.0 Å². The maximum absolute atomic E-state index is 12.6. The minimum atomic E-state index is -0.924. The van der Waals surface area contributed by atoms with Crippen LogP contribution in [0.4, 0.5) is 19.2 Å². The molecular formula is C85H121Cl6N7O13S4. The molecule has 3 aliphatic heterocycles. The normalized spacial score (nSPS) is 15.9. The summed E-state index contributed by atoms with van der Waals surface area (Å²) in [6, 6.07) is 32.2. The molecule has 30 heteroatoms. The lowest BCUT2D eigenvalue weighted by atomic mass is 9.81. The zero-order chi connectivity index (χ0) is 84.4. The average Bonchev–Trinajstić information content (AvgIpc) is 1.86. The highest BCUT2D eigenvalue weighted by Crippen LogP contribution is 2.34. The maximum atomic E-state index is 12.6. The Hall–Kier alpha value is -5.90. The van der Waals surface area contributed by atoms with Crippen LogP contribution in [0.2, 0.25) is 17.3 Å². The number of carbonyl (C=O) groups excluding carboxylic acids is 7. The highest BCUT2D eigenvalue weighted by molar-refractivity contribution is 7.19. The molecule has 4 aliphatic rings. The molecule has 0 unspecified atom stereocenters. The molecule has 3 saturated heterocycles. The van der Waals surface area contributed by atoms with Crippen LogP contribution in [-0.4, -0.2) is 142 Å². The van der Waals surface area contributed by atoms with Gasteiger partial charge in [0.2, 0.25) is 0 Å². The molecule has 7 heterocycles. The van der Waals surface area contributed by atoms with Crippen LogP contribution in [0.3, 0.4) is 0 Å². The lowest BCUT2D eigenvalue weighted by molar-refractivity contribution is 0.0158. The number of carboxylic acids is 1. The third kappa shape index (κ3) is 40.1. The summed E-state index contributed by atoms with van der Waals surface area (Å²) in [5, 5.41) is 18.0. The molecule has 4 atom stereocenters. The fourth-order valence-electron chi connectivity index (χ4n) is 13.7. The Bertz CT molecular complexity index is 3880. The highest BCUT2D eigenvalue weighted by Gasteiger charge is 2.35. The lowest BCUT2D eigenvalue weighted by Gasteiger charge is -2.37. The van der Waals surface area contributed by atoms with Crippen molar-refractivity contribution in [2.75, 3.05) is 39.3 Å². The van der Waals surface area contributed by atoms with E-state index in [1.54, 1.807) is 82.6 Å². The molecule has 10 rings (SSSR count). The first-order valence-electron chi connectivity index (χ1n) is 39.5. The smallest absolute Gasteiger partial charge is 0.415 e. The number of para-hydroxylation sites is 2. The summed E-state index contributed by atoms with van der Waals surface area (Å²) < 4.78 is 23.3. The van der Waals surface area contributed by atoms with Crippen LogP contribution in [0.5, 0.6) is 11.5 Å². The number of thiophene rings is 4. The van der Waals surface area contributed by atoms with Gasteiger partial charge in [-0.1, -0.05) is 157 Å². The predicted molar refractivity (Wildman–Crippen MR) is 474 cm³/mol. The lowest BCUT2D eigenvalue weighted by Crippen LogP contribution is -2.48. The van der Waals surface area contributed by atoms with E-state index in [4.69, 9.17) is 83.1 Å². The van der Waals surface area contributed by atoms with Crippen LogP contribution in [-0.2, 0) is 9.47 Å². The fourth-order valence-corrected chi connectivity index (χ4v) is 17.5. The standard InChI is InChI=1S/C22H27ClN2O3S.C20H31ClN2O3S.C16H24ClNOS.C15H30N2O2.C7H5ClO2.C5H3ClO2S.ClH/c1-15(2)14-18(24-21(26)19-8-9-20(23)29-19)16-10-12-25(13-11-16)22(27)28-17-6-4-3-5-7-17;1-13(2)12-15(22-18(24)16-6-7-17(21)27-16)14-8-10-23(11-9-14)19(25)26-20(3,4)5;1-11(2)10-13(12-6-4-3-5-7-12)18-16(19)14-8-9-15(17)20-14;1-11(2)10-13(16)12-6-8-17(9-7-12)14(18)19-15(3,4)5;8-7(9)10-6-4-2-1-3-5-6;6-4-2-1-3(9-4)5(7)8;/h3-9,15-16,18H,10-14H2,1-2H3,(H,24,26);6-7,13-15H,8-12H2,1-5H3,(H,22,24);8-9,11-13H,3-7,10H2,1-2H3,(H,18,19);11-13H,6-10,16H2,1-5H3;1-5H;1-2H,(H,7,8);1H/t18-;15-;2*13-;;;/m0000.../s1. The Labute approximate surface area is 729 Å². The van der Waals surface area contributed by atoms with Crippen molar-refractivity contribution < 1.29 is 62.4 Å². The van der Waals surface area contributed by atoms with Crippen LogP contribution in [0, 0.1) is 47.3 Å². The van der Waals surface area contributed by atoms with Gasteiger partial charge in [0.15, 0.2) is 0 Å². The maximum Gasteiger partial charge on any atom is 0.415 e. The molecule has 6 amide bonds. The number of nitrogens with zero attached hydrogens (tertiary/aromatic N) is 3. The van der Waals surface area contributed by atoms with Crippen molar-refractivity contribution in [3.63, 3.8) is 0 Å². The summed E-state index contributed by atoms with van der Waals surface area (Å²) in [4.78, 5) is 102. The van der Waals surface area contributed by atoms with E-state index in [2.05, 4.69) is 76.1 Å². The predicted octanol–water partition coefficient (Wildman–Crippen LogP) is 23.7. The van der Waals surface area contributed by atoms with Crippen LogP contribution < -0.4 is 31.2 Å². The van der Waals surface area contributed by atoms with Crippen molar-refractivity contribution >= 4 is 163 Å². The molecule has 1 aliphatic carbocycles. The molecule has 640 valence electrons. The first-order valence-corrected chi connectivity index (χ1v) is 44.7. The molecule has 1 saturated carbocycles. The van der Waals surface area contributed by atoms with E-state index >= 15 is 0 Å². The number of hydrogen-bond donors (Lipinski definition) is 5. The summed E-state index contributed by atoms with van der Waals surface area (Å²) in [7, 11) is 0. The Kier molecular flexibility index (Phi) is 45.5. The van der Waals surface area contributed by atoms with E-state index in [0.717, 1.165) is 93.5 Å². The summed E-state index contributed by atoms with van der Waals surface area (Å²) >= 11 is 33.3. The van der Waals surface area contributed by atoms with E-state index in [1.165, 1.54) is 72.2 Å². The van der Waals surface area contributed by atoms with Crippen LogP contribution in [0.15, 0.2) is 109 Å². The Morgan fingerprint density at radius 1 is 0.417 bits per heavy atom. The first-order chi connectivity index (χ1) is 53.7. The number of aromatic carboxylic acids is 1. The molecule has 4 aromatic heterocycles. The van der Waals surface area contributed by atoms with Crippen molar-refractivity contribution in [2.24, 2.45) is 53.1 Å². The first kappa shape index (κ1) is 101. The number of piperidine rings is 3. The number of rotatable bonds is 21. The summed E-state index contributed by atoms with van der Waals surface area (Å²) in [5.74, 6) is 4.05. The number of halogens is 6. The number of carbonyl (C=O) groups is 8. The van der Waals surface area contributed by atoms with E-state index in [-0.39, 0.29) is 71.4 Å². The zero-order valence-electron chi connectivity index (χ0n) is 68.9. The monoisotopic (exact) mass is 1790 g/mol. The van der Waals surface area contributed by atoms with Gasteiger partial charge in [-0.05, 0) is 239 Å². The fraction of sp³-hybridized carbons (Fsp3) is 0.576. The number of amides is 6. The number of benzene rings is 2. The molecular weight excluding hydrogens is 1670 g/mol. The minimum Gasteiger partial charge on any atom is -0.477 e. The zero-order valence-corrected chi connectivity index (χ0v) is 76.7. The molecule has 20 nitrogen and oxygen atoms in total. The van der Waals surface area contributed by atoms with Crippen molar-refractivity contribution in [3.8, 4) is 11.5 Å². The second-order valence-electron chi connectivity index (χ2n) is 32.8. The van der Waals surface area contributed by atoms with E-state index < -0.39 is 22.6 Å². The molecule has 0 spiro atoms. The number of nitrogens with two attached hydrogens (primary N) is 1. The van der Waals surface area contributed by atoms with Gasteiger partial charge in [-0.3, -0.25) is 14.4 Å². The number of likely N-dealkylation sites (tertiary alicyclic amines) is 3. The van der Waals surface area contributed by atoms with Crippen molar-refractivity contribution in [1.82, 2.24) is 30.7 Å². The quantitative estimate of drug-likeness (QED) is 0.0420. The molecule has 0 bridgehead atoms. The van der Waals surface area contributed by atoms with Crippen molar-refractivity contribution in [3.05, 3.63) is 146 Å². The van der Waals surface area contributed by atoms with Crippen LogP contribution >= 0.6 is 116 Å². The van der Waals surface area contributed by atoms with E-state index in [1.807, 2.05) is 76.8 Å². The van der Waals surface area contributed by atoms with Gasteiger partial charge in [0.05, 0.1) is 32.0 Å². The minimum absolute atomic E-state index is 0. The largest absolute Gasteiger partial charge is 0.477 e. The third-order valence-electron chi connectivity index (χ3n) is 19.1. The number of nitrogens with one attached hydrogen (secondary N) is 3. The topological polar surface area (TPSA) is 266 Å². The van der Waals surface area contributed by atoms with Crippen molar-refractivity contribution in [1.29, 1.82) is 0 Å². The Balaban J connectivity index is 0.000000302.